The molecule has 2 aromatic rings. The predicted octanol–water partition coefficient (Wildman–Crippen LogP) is 3.06. The molecule has 1 aliphatic heterocycles. The van der Waals surface area contributed by atoms with Crippen molar-refractivity contribution in [1.82, 2.24) is 4.98 Å². The number of aromatic nitrogens is 1. The van der Waals surface area contributed by atoms with Gasteiger partial charge in [-0.15, -0.1) is 0 Å². The lowest BCUT2D eigenvalue weighted by Gasteiger charge is -2.18. The van der Waals surface area contributed by atoms with E-state index in [0.29, 0.717) is 18.0 Å². The van der Waals surface area contributed by atoms with Crippen molar-refractivity contribution in [3.8, 4) is 5.88 Å². The second-order valence-electron chi connectivity index (χ2n) is 4.54. The molecule has 0 atom stereocenters. The summed E-state index contributed by atoms with van der Waals surface area (Å²) >= 11 is 3.46. The molecule has 2 heterocycles. The zero-order valence-electron chi connectivity index (χ0n) is 11.0. The van der Waals surface area contributed by atoms with Gasteiger partial charge < -0.3 is 9.64 Å². The number of rotatable bonds is 2. The molecule has 0 spiro atoms. The number of benzene rings is 1. The Morgan fingerprint density at radius 1 is 1.40 bits per heavy atom. The van der Waals surface area contributed by atoms with Crippen LogP contribution in [0.15, 0.2) is 41.0 Å². The Labute approximate surface area is 125 Å². The first-order valence-electron chi connectivity index (χ1n) is 6.30. The van der Waals surface area contributed by atoms with E-state index in [0.717, 1.165) is 16.6 Å². The lowest BCUT2D eigenvalue weighted by atomic mass is 10.2. The third kappa shape index (κ3) is 2.18. The Morgan fingerprint density at radius 3 is 3.05 bits per heavy atom. The Morgan fingerprint density at radius 2 is 2.25 bits per heavy atom. The van der Waals surface area contributed by atoms with Gasteiger partial charge in [0.2, 0.25) is 5.88 Å². The molecule has 1 aromatic carbocycles. The maximum atomic E-state index is 12.7. The molecule has 0 N–H and O–H groups in total. The summed E-state index contributed by atoms with van der Waals surface area (Å²) in [4.78, 5) is 18.5. The number of nitrogens with zero attached hydrogens (tertiary/aromatic N) is 2. The van der Waals surface area contributed by atoms with Gasteiger partial charge in [0.1, 0.15) is 5.56 Å². The van der Waals surface area contributed by atoms with E-state index in [2.05, 4.69) is 27.0 Å². The van der Waals surface area contributed by atoms with E-state index in [1.165, 1.54) is 12.7 Å². The minimum absolute atomic E-state index is 0.0731. The van der Waals surface area contributed by atoms with E-state index >= 15 is 0 Å². The molecule has 0 bridgehead atoms. The van der Waals surface area contributed by atoms with Crippen LogP contribution >= 0.6 is 15.9 Å². The highest BCUT2D eigenvalue weighted by Crippen LogP contribution is 2.32. The lowest BCUT2D eigenvalue weighted by molar-refractivity contribution is 0.0985. The number of hydrogen-bond donors (Lipinski definition) is 0. The fourth-order valence-electron chi connectivity index (χ4n) is 2.44. The first-order valence-corrected chi connectivity index (χ1v) is 7.09. The first kappa shape index (κ1) is 13.1. The number of fused-ring (bicyclic) bond motifs is 1. The fourth-order valence-corrected chi connectivity index (χ4v) is 2.85. The Kier molecular flexibility index (Phi) is 3.44. The van der Waals surface area contributed by atoms with E-state index in [-0.39, 0.29) is 5.91 Å². The number of anilines is 1. The average molecular weight is 333 g/mol. The van der Waals surface area contributed by atoms with E-state index in [1.807, 2.05) is 12.1 Å². The predicted molar refractivity (Wildman–Crippen MR) is 80.3 cm³/mol. The molecule has 0 unspecified atom stereocenters. The highest BCUT2D eigenvalue weighted by atomic mass is 79.9. The van der Waals surface area contributed by atoms with Crippen molar-refractivity contribution in [3.05, 3.63) is 52.1 Å². The van der Waals surface area contributed by atoms with Crippen LogP contribution in [0.5, 0.6) is 5.88 Å². The zero-order chi connectivity index (χ0) is 14.1. The maximum absolute atomic E-state index is 12.7. The number of halogens is 1. The van der Waals surface area contributed by atoms with Crippen molar-refractivity contribution < 1.29 is 9.53 Å². The topological polar surface area (TPSA) is 42.4 Å². The summed E-state index contributed by atoms with van der Waals surface area (Å²) in [6, 6.07) is 9.46. The molecular weight excluding hydrogens is 320 g/mol. The molecule has 4 nitrogen and oxygen atoms in total. The Hall–Kier alpha value is -1.88. The van der Waals surface area contributed by atoms with Crippen molar-refractivity contribution in [1.29, 1.82) is 0 Å². The summed E-state index contributed by atoms with van der Waals surface area (Å²) in [5.74, 6) is 0.291. The molecular formula is C15H13BrN2O2. The molecule has 0 aliphatic carbocycles. The van der Waals surface area contributed by atoms with Crippen LogP contribution < -0.4 is 9.64 Å². The van der Waals surface area contributed by atoms with E-state index in [4.69, 9.17) is 4.74 Å². The van der Waals surface area contributed by atoms with E-state index < -0.39 is 0 Å². The molecule has 0 radical (unpaired) electrons. The number of carbonyl (C=O) groups excluding carboxylic acids is 1. The van der Waals surface area contributed by atoms with Crippen LogP contribution in [0.3, 0.4) is 0 Å². The van der Waals surface area contributed by atoms with Crippen LogP contribution in [-0.4, -0.2) is 24.5 Å². The second kappa shape index (κ2) is 5.25. The summed E-state index contributed by atoms with van der Waals surface area (Å²) in [6.45, 7) is 0.683. The molecule has 20 heavy (non-hydrogen) atoms. The van der Waals surface area contributed by atoms with Crippen molar-refractivity contribution in [2.24, 2.45) is 0 Å². The highest BCUT2D eigenvalue weighted by Gasteiger charge is 2.27. The molecule has 102 valence electrons. The zero-order valence-corrected chi connectivity index (χ0v) is 12.6. The second-order valence-corrected chi connectivity index (χ2v) is 5.46. The van der Waals surface area contributed by atoms with Gasteiger partial charge in [-0.2, -0.15) is 0 Å². The van der Waals surface area contributed by atoms with Gasteiger partial charge in [-0.1, -0.05) is 15.9 Å². The van der Waals surface area contributed by atoms with Gasteiger partial charge in [-0.3, -0.25) is 4.79 Å². The summed E-state index contributed by atoms with van der Waals surface area (Å²) in [5, 5.41) is 0. The monoisotopic (exact) mass is 332 g/mol. The molecule has 0 fully saturated rings. The molecule has 0 saturated heterocycles. The van der Waals surface area contributed by atoms with Gasteiger partial charge >= 0.3 is 0 Å². The molecule has 1 amide bonds. The third-order valence-electron chi connectivity index (χ3n) is 3.38. The Balaban J connectivity index is 1.98. The van der Waals surface area contributed by atoms with E-state index in [1.54, 1.807) is 23.2 Å². The summed E-state index contributed by atoms with van der Waals surface area (Å²) in [7, 11) is 1.52. The van der Waals surface area contributed by atoms with Gasteiger partial charge in [0, 0.05) is 22.9 Å². The largest absolute Gasteiger partial charge is 0.480 e. The summed E-state index contributed by atoms with van der Waals surface area (Å²) in [6.07, 6.45) is 2.48. The average Bonchev–Trinajstić information content (AvgIpc) is 2.89. The van der Waals surface area contributed by atoms with E-state index in [9.17, 15) is 4.79 Å². The van der Waals surface area contributed by atoms with Gasteiger partial charge in [0.05, 0.1) is 7.11 Å². The number of pyridine rings is 1. The number of hydrogen-bond acceptors (Lipinski definition) is 3. The fraction of sp³-hybridized carbons (Fsp3) is 0.200. The quantitative estimate of drug-likeness (QED) is 0.848. The van der Waals surface area contributed by atoms with Crippen LogP contribution in [0, 0.1) is 0 Å². The molecule has 0 saturated carbocycles. The van der Waals surface area contributed by atoms with Crippen molar-refractivity contribution >= 4 is 27.5 Å². The first-order chi connectivity index (χ1) is 9.70. The minimum Gasteiger partial charge on any atom is -0.480 e. The molecule has 1 aromatic heterocycles. The van der Waals surface area contributed by atoms with Gasteiger partial charge in [0.15, 0.2) is 0 Å². The van der Waals surface area contributed by atoms with Crippen molar-refractivity contribution in [2.75, 3.05) is 18.6 Å². The number of amides is 1. The maximum Gasteiger partial charge on any atom is 0.263 e. The highest BCUT2D eigenvalue weighted by molar-refractivity contribution is 9.10. The van der Waals surface area contributed by atoms with Gasteiger partial charge in [-0.25, -0.2) is 4.98 Å². The van der Waals surface area contributed by atoms with Crippen LogP contribution in [0.1, 0.15) is 15.9 Å². The Bertz CT molecular complexity index is 673. The number of methoxy groups -OCH3 is 1. The minimum atomic E-state index is -0.0731. The van der Waals surface area contributed by atoms with Crippen molar-refractivity contribution in [3.63, 3.8) is 0 Å². The van der Waals surface area contributed by atoms with Crippen LogP contribution in [-0.2, 0) is 6.42 Å². The van der Waals surface area contributed by atoms with Crippen LogP contribution in [0.25, 0.3) is 0 Å². The standard InChI is InChI=1S/C15H13BrN2O2/c1-20-14-12(3-2-7-17-14)15(19)18-8-6-10-9-11(16)4-5-13(10)18/h2-5,7,9H,6,8H2,1H3. The van der Waals surface area contributed by atoms with Crippen LogP contribution in [0.2, 0.25) is 0 Å². The van der Waals surface area contributed by atoms with Crippen LogP contribution in [0.4, 0.5) is 5.69 Å². The van der Waals surface area contributed by atoms with Gasteiger partial charge in [-0.05, 0) is 42.3 Å². The number of carbonyl (C=O) groups is 1. The van der Waals surface area contributed by atoms with Gasteiger partial charge in [0.25, 0.3) is 5.91 Å². The lowest BCUT2D eigenvalue weighted by Crippen LogP contribution is -2.29. The molecule has 1 aliphatic rings. The normalized spacial score (nSPS) is 13.2. The smallest absolute Gasteiger partial charge is 0.263 e. The molecule has 3 rings (SSSR count). The van der Waals surface area contributed by atoms with Crippen molar-refractivity contribution in [2.45, 2.75) is 6.42 Å². The summed E-state index contributed by atoms with van der Waals surface area (Å²) < 4.78 is 6.20. The number of ether oxygens (including phenoxy) is 1. The summed E-state index contributed by atoms with van der Waals surface area (Å²) in [5.41, 5.74) is 2.63. The third-order valence-corrected chi connectivity index (χ3v) is 3.87. The SMILES string of the molecule is COc1ncccc1C(=O)N1CCc2cc(Br)ccc21. The molecule has 5 heteroatoms.